The summed E-state index contributed by atoms with van der Waals surface area (Å²) in [6, 6.07) is 9.96. The van der Waals surface area contributed by atoms with Gasteiger partial charge in [-0.2, -0.15) is 0 Å². The van der Waals surface area contributed by atoms with Crippen LogP contribution in [0.2, 0.25) is 5.02 Å². The fourth-order valence-corrected chi connectivity index (χ4v) is 2.79. The number of benzene rings is 1. The number of hydrogen-bond donors (Lipinski definition) is 0. The SMILES string of the molecule is Cc1ccc(OC(C)CCC(C)COc2cc(C(C)C)ccc2Cl)nc1. The van der Waals surface area contributed by atoms with Crippen molar-refractivity contribution < 1.29 is 9.47 Å². The second-order valence-corrected chi connectivity index (χ2v) is 7.85. The van der Waals surface area contributed by atoms with Gasteiger partial charge in [0.2, 0.25) is 5.88 Å². The van der Waals surface area contributed by atoms with Crippen LogP contribution >= 0.6 is 11.6 Å². The third-order valence-corrected chi connectivity index (χ3v) is 4.73. The van der Waals surface area contributed by atoms with Gasteiger partial charge < -0.3 is 9.47 Å². The van der Waals surface area contributed by atoms with Gasteiger partial charge >= 0.3 is 0 Å². The van der Waals surface area contributed by atoms with Crippen LogP contribution in [0.25, 0.3) is 0 Å². The molecule has 0 N–H and O–H groups in total. The van der Waals surface area contributed by atoms with Crippen molar-refractivity contribution in [2.24, 2.45) is 5.92 Å². The Kier molecular flexibility index (Phi) is 7.77. The van der Waals surface area contributed by atoms with E-state index in [-0.39, 0.29) is 6.10 Å². The van der Waals surface area contributed by atoms with Gasteiger partial charge in [-0.1, -0.05) is 44.5 Å². The van der Waals surface area contributed by atoms with Crippen LogP contribution in [0, 0.1) is 12.8 Å². The molecule has 142 valence electrons. The van der Waals surface area contributed by atoms with E-state index in [4.69, 9.17) is 21.1 Å². The number of aromatic nitrogens is 1. The van der Waals surface area contributed by atoms with Crippen molar-refractivity contribution >= 4 is 11.6 Å². The lowest BCUT2D eigenvalue weighted by Gasteiger charge is -2.18. The van der Waals surface area contributed by atoms with Gasteiger partial charge in [-0.25, -0.2) is 4.98 Å². The van der Waals surface area contributed by atoms with Gasteiger partial charge in [0.05, 0.1) is 17.7 Å². The maximum Gasteiger partial charge on any atom is 0.213 e. The molecule has 2 aromatic rings. The normalized spacial score (nSPS) is 13.5. The summed E-state index contributed by atoms with van der Waals surface area (Å²) in [4.78, 5) is 4.29. The standard InChI is InChI=1S/C22H30ClNO2/c1-15(2)19-9-10-20(23)21(12-19)25-14-17(4)6-8-18(5)26-22-11-7-16(3)13-24-22/h7,9-13,15,17-18H,6,8,14H2,1-5H3. The number of nitrogens with zero attached hydrogens (tertiary/aromatic N) is 1. The van der Waals surface area contributed by atoms with Crippen molar-refractivity contribution in [3.63, 3.8) is 0 Å². The predicted molar refractivity (Wildman–Crippen MR) is 108 cm³/mol. The second kappa shape index (κ2) is 9.82. The van der Waals surface area contributed by atoms with Crippen LogP contribution in [0.15, 0.2) is 36.5 Å². The first-order valence-electron chi connectivity index (χ1n) is 9.36. The molecule has 2 atom stereocenters. The van der Waals surface area contributed by atoms with Crippen LogP contribution in [-0.4, -0.2) is 17.7 Å². The average Bonchev–Trinajstić information content (AvgIpc) is 2.61. The smallest absolute Gasteiger partial charge is 0.213 e. The number of ether oxygens (including phenoxy) is 2. The van der Waals surface area contributed by atoms with Crippen molar-refractivity contribution in [3.05, 3.63) is 52.7 Å². The summed E-state index contributed by atoms with van der Waals surface area (Å²) >= 11 is 6.26. The molecule has 2 rings (SSSR count). The van der Waals surface area contributed by atoms with Gasteiger partial charge in [0.25, 0.3) is 0 Å². The molecule has 0 spiro atoms. The lowest BCUT2D eigenvalue weighted by Crippen LogP contribution is -2.16. The fourth-order valence-electron chi connectivity index (χ4n) is 2.61. The quantitative estimate of drug-likeness (QED) is 0.506. The first-order valence-corrected chi connectivity index (χ1v) is 9.74. The van der Waals surface area contributed by atoms with Crippen LogP contribution in [0.3, 0.4) is 0 Å². The van der Waals surface area contributed by atoms with E-state index in [9.17, 15) is 0 Å². The van der Waals surface area contributed by atoms with Gasteiger partial charge in [0, 0.05) is 12.3 Å². The minimum absolute atomic E-state index is 0.125. The number of pyridine rings is 1. The molecule has 0 aliphatic rings. The van der Waals surface area contributed by atoms with Crippen LogP contribution in [0.4, 0.5) is 0 Å². The van der Waals surface area contributed by atoms with E-state index >= 15 is 0 Å². The maximum absolute atomic E-state index is 6.26. The van der Waals surface area contributed by atoms with Crippen LogP contribution in [0.1, 0.15) is 57.6 Å². The van der Waals surface area contributed by atoms with Gasteiger partial charge in [0.1, 0.15) is 5.75 Å². The number of halogens is 1. The van der Waals surface area contributed by atoms with E-state index in [2.05, 4.69) is 44.8 Å². The summed E-state index contributed by atoms with van der Waals surface area (Å²) in [6.07, 6.45) is 3.93. The zero-order valence-electron chi connectivity index (χ0n) is 16.5. The summed E-state index contributed by atoms with van der Waals surface area (Å²) in [6.45, 7) is 11.3. The summed E-state index contributed by atoms with van der Waals surface area (Å²) in [7, 11) is 0. The summed E-state index contributed by atoms with van der Waals surface area (Å²) in [5.41, 5.74) is 2.38. The lowest BCUT2D eigenvalue weighted by atomic mass is 10.0. The topological polar surface area (TPSA) is 31.4 Å². The monoisotopic (exact) mass is 375 g/mol. The minimum Gasteiger partial charge on any atom is -0.492 e. The number of hydrogen-bond acceptors (Lipinski definition) is 3. The summed E-state index contributed by atoms with van der Waals surface area (Å²) in [5.74, 6) is 2.34. The molecule has 0 saturated heterocycles. The van der Waals surface area contributed by atoms with E-state index in [1.807, 2.05) is 31.3 Å². The Balaban J connectivity index is 1.77. The molecule has 1 aromatic heterocycles. The van der Waals surface area contributed by atoms with Crippen molar-refractivity contribution in [2.75, 3.05) is 6.61 Å². The van der Waals surface area contributed by atoms with E-state index in [1.54, 1.807) is 0 Å². The second-order valence-electron chi connectivity index (χ2n) is 7.44. The largest absolute Gasteiger partial charge is 0.492 e. The fraction of sp³-hybridized carbons (Fsp3) is 0.500. The van der Waals surface area contributed by atoms with Gasteiger partial charge in [-0.15, -0.1) is 0 Å². The van der Waals surface area contributed by atoms with Crippen molar-refractivity contribution in [1.29, 1.82) is 0 Å². The molecular formula is C22H30ClNO2. The highest BCUT2D eigenvalue weighted by Crippen LogP contribution is 2.29. The molecule has 0 saturated carbocycles. The third kappa shape index (κ3) is 6.53. The zero-order valence-corrected chi connectivity index (χ0v) is 17.2. The van der Waals surface area contributed by atoms with Crippen LogP contribution < -0.4 is 9.47 Å². The molecule has 1 heterocycles. The molecule has 4 heteroatoms. The molecule has 0 radical (unpaired) electrons. The Morgan fingerprint density at radius 1 is 1.04 bits per heavy atom. The predicted octanol–water partition coefficient (Wildman–Crippen LogP) is 6.43. The summed E-state index contributed by atoms with van der Waals surface area (Å²) < 4.78 is 11.8. The molecule has 0 aliphatic heterocycles. The molecule has 0 bridgehead atoms. The third-order valence-electron chi connectivity index (χ3n) is 4.42. The highest BCUT2D eigenvalue weighted by atomic mass is 35.5. The molecule has 1 aromatic carbocycles. The van der Waals surface area contributed by atoms with Crippen molar-refractivity contribution in [2.45, 2.75) is 59.5 Å². The molecular weight excluding hydrogens is 346 g/mol. The average molecular weight is 376 g/mol. The van der Waals surface area contributed by atoms with Gasteiger partial charge in [-0.3, -0.25) is 0 Å². The Bertz CT molecular complexity index is 685. The van der Waals surface area contributed by atoms with Crippen molar-refractivity contribution in [3.8, 4) is 11.6 Å². The lowest BCUT2D eigenvalue weighted by molar-refractivity contribution is 0.179. The molecule has 3 nitrogen and oxygen atoms in total. The Morgan fingerprint density at radius 3 is 2.46 bits per heavy atom. The number of aryl methyl sites for hydroxylation is 1. The molecule has 0 aliphatic carbocycles. The van der Waals surface area contributed by atoms with E-state index < -0.39 is 0 Å². The van der Waals surface area contributed by atoms with Crippen LogP contribution in [-0.2, 0) is 0 Å². The molecule has 2 unspecified atom stereocenters. The van der Waals surface area contributed by atoms with E-state index in [1.165, 1.54) is 5.56 Å². The Labute approximate surface area is 162 Å². The zero-order chi connectivity index (χ0) is 19.1. The highest BCUT2D eigenvalue weighted by molar-refractivity contribution is 6.32. The first-order chi connectivity index (χ1) is 12.3. The Hall–Kier alpha value is -1.74. The minimum atomic E-state index is 0.125. The molecule has 26 heavy (non-hydrogen) atoms. The Morgan fingerprint density at radius 2 is 1.81 bits per heavy atom. The first kappa shape index (κ1) is 20.6. The summed E-state index contributed by atoms with van der Waals surface area (Å²) in [5, 5.41) is 0.670. The number of rotatable bonds is 9. The van der Waals surface area contributed by atoms with Gasteiger partial charge in [-0.05, 0) is 61.8 Å². The van der Waals surface area contributed by atoms with Crippen molar-refractivity contribution in [1.82, 2.24) is 4.98 Å². The van der Waals surface area contributed by atoms with Gasteiger partial charge in [0.15, 0.2) is 0 Å². The highest BCUT2D eigenvalue weighted by Gasteiger charge is 2.11. The maximum atomic E-state index is 6.26. The van der Waals surface area contributed by atoms with E-state index in [0.717, 1.165) is 24.2 Å². The molecule has 0 fully saturated rings. The molecule has 0 amide bonds. The van der Waals surface area contributed by atoms with E-state index in [0.29, 0.717) is 29.3 Å². The van der Waals surface area contributed by atoms with Crippen LogP contribution in [0.5, 0.6) is 11.6 Å².